The highest BCUT2D eigenvalue weighted by atomic mass is 35.5. The molecule has 3 aliphatic heterocycles. The van der Waals surface area contributed by atoms with Crippen molar-refractivity contribution in [3.05, 3.63) is 81.9 Å². The Balaban J connectivity index is 1.34. The molecule has 3 aromatic rings. The van der Waals surface area contributed by atoms with Crippen molar-refractivity contribution in [3.8, 4) is 17.1 Å². The average molecular weight is 756 g/mol. The van der Waals surface area contributed by atoms with Gasteiger partial charge in [0.2, 0.25) is 21.8 Å². The van der Waals surface area contributed by atoms with E-state index in [1.807, 2.05) is 0 Å². The molecule has 2 atom stereocenters. The molecule has 52 heavy (non-hydrogen) atoms. The minimum Gasteiger partial charge on any atom is -0.619 e. The van der Waals surface area contributed by atoms with E-state index in [0.29, 0.717) is 62.9 Å². The van der Waals surface area contributed by atoms with Gasteiger partial charge in [-0.05, 0) is 24.3 Å². The number of amides is 3. The number of ether oxygens (including phenoxy) is 2. The van der Waals surface area contributed by atoms with Crippen LogP contribution in [0.1, 0.15) is 28.8 Å². The summed E-state index contributed by atoms with van der Waals surface area (Å²) in [4.78, 5) is 55.1. The second kappa shape index (κ2) is 16.3. The fraction of sp³-hybridized carbons (Fsp3) is 0.412. The maximum Gasteiger partial charge on any atom is 0.257 e. The standard InChI is InChI=1S/C34H38ClN7O9S/c35-27-2-1-24(30(43)17-27)5-16-52(48,49)41-22-28(18-31(44)38-8-12-50-13-9-38)42(29(23-41)19-32(45)39-10-14-51-15-11-39)34(46)26-20-36-33(37-21-26)25-3-6-40(47)7-4-25/h1-7,16-17,20-21,28-29,43H,8-15,18-19,22-23H2. The van der Waals surface area contributed by atoms with Gasteiger partial charge in [0, 0.05) is 98.2 Å². The van der Waals surface area contributed by atoms with Crippen molar-refractivity contribution in [2.45, 2.75) is 24.9 Å². The van der Waals surface area contributed by atoms with Crippen molar-refractivity contribution in [1.82, 2.24) is 29.0 Å². The van der Waals surface area contributed by atoms with Crippen LogP contribution in [0.2, 0.25) is 5.02 Å². The van der Waals surface area contributed by atoms with E-state index in [1.165, 1.54) is 66.1 Å². The fourth-order valence-electron chi connectivity index (χ4n) is 6.37. The Morgan fingerprint density at radius 2 is 1.44 bits per heavy atom. The lowest BCUT2D eigenvalue weighted by Crippen LogP contribution is -2.63. The quantitative estimate of drug-likeness (QED) is 0.244. The normalized spacial score (nSPS) is 20.3. The molecule has 16 nitrogen and oxygen atoms in total. The monoisotopic (exact) mass is 755 g/mol. The smallest absolute Gasteiger partial charge is 0.257 e. The summed E-state index contributed by atoms with van der Waals surface area (Å²) in [6.45, 7) is 2.25. The largest absolute Gasteiger partial charge is 0.619 e. The highest BCUT2D eigenvalue weighted by Gasteiger charge is 2.44. The number of sulfonamides is 1. The maximum absolute atomic E-state index is 14.5. The number of hydrogen-bond donors (Lipinski definition) is 1. The van der Waals surface area contributed by atoms with E-state index in [9.17, 15) is 33.1 Å². The van der Waals surface area contributed by atoms with Crippen molar-refractivity contribution in [2.75, 3.05) is 65.7 Å². The molecule has 0 bridgehead atoms. The number of rotatable bonds is 9. The van der Waals surface area contributed by atoms with Crippen molar-refractivity contribution in [1.29, 1.82) is 0 Å². The minimum absolute atomic E-state index is 0.0700. The number of aromatic nitrogens is 3. The number of halogens is 1. The van der Waals surface area contributed by atoms with Gasteiger partial charge in [-0.25, -0.2) is 18.4 Å². The second-order valence-electron chi connectivity index (χ2n) is 12.5. The summed E-state index contributed by atoms with van der Waals surface area (Å²) in [6.07, 6.45) is 6.04. The summed E-state index contributed by atoms with van der Waals surface area (Å²) in [6, 6.07) is 5.38. The number of hydrogen-bond acceptors (Lipinski definition) is 11. The molecular formula is C34H38ClN7O9S. The van der Waals surface area contributed by atoms with Gasteiger partial charge in [0.25, 0.3) is 5.91 Å². The van der Waals surface area contributed by atoms with Crippen molar-refractivity contribution < 1.29 is 42.1 Å². The molecule has 3 aliphatic rings. The van der Waals surface area contributed by atoms with E-state index >= 15 is 0 Å². The molecule has 0 radical (unpaired) electrons. The molecule has 3 saturated heterocycles. The predicted molar refractivity (Wildman–Crippen MR) is 187 cm³/mol. The first-order chi connectivity index (χ1) is 25.0. The first-order valence-electron chi connectivity index (χ1n) is 16.7. The van der Waals surface area contributed by atoms with Gasteiger partial charge in [-0.2, -0.15) is 9.04 Å². The van der Waals surface area contributed by atoms with E-state index in [1.54, 1.807) is 9.80 Å². The molecule has 1 aromatic carbocycles. The summed E-state index contributed by atoms with van der Waals surface area (Å²) in [5.41, 5.74) is 0.833. The summed E-state index contributed by atoms with van der Waals surface area (Å²) in [5.74, 6) is -1.11. The van der Waals surface area contributed by atoms with Crippen LogP contribution in [-0.4, -0.2) is 138 Å². The van der Waals surface area contributed by atoms with Crippen molar-refractivity contribution >= 4 is 45.4 Å². The van der Waals surface area contributed by atoms with Crippen LogP contribution in [0, 0.1) is 5.21 Å². The van der Waals surface area contributed by atoms with Crippen LogP contribution in [-0.2, 0) is 29.1 Å². The fourth-order valence-corrected chi connectivity index (χ4v) is 7.79. The first kappa shape index (κ1) is 37.1. The van der Waals surface area contributed by atoms with Crippen LogP contribution in [0.25, 0.3) is 17.5 Å². The predicted octanol–water partition coefficient (Wildman–Crippen LogP) is 1.13. The van der Waals surface area contributed by atoms with Gasteiger partial charge in [0.15, 0.2) is 18.2 Å². The molecular weight excluding hydrogens is 718 g/mol. The average Bonchev–Trinajstić information content (AvgIpc) is 3.15. The van der Waals surface area contributed by atoms with Crippen molar-refractivity contribution in [3.63, 3.8) is 0 Å². The summed E-state index contributed by atoms with van der Waals surface area (Å²) >= 11 is 5.94. The van der Waals surface area contributed by atoms with E-state index in [-0.39, 0.29) is 65.5 Å². The third-order valence-electron chi connectivity index (χ3n) is 9.13. The number of carbonyl (C=O) groups is 3. The molecule has 3 amide bonds. The van der Waals surface area contributed by atoms with Crippen LogP contribution in [0.3, 0.4) is 0 Å². The summed E-state index contributed by atoms with van der Waals surface area (Å²) in [7, 11) is -4.22. The van der Waals surface area contributed by atoms with Crippen LogP contribution >= 0.6 is 11.6 Å². The molecule has 18 heteroatoms. The molecule has 2 aromatic heterocycles. The molecule has 0 spiro atoms. The lowest BCUT2D eigenvalue weighted by molar-refractivity contribution is -0.605. The van der Waals surface area contributed by atoms with Crippen LogP contribution in [0.4, 0.5) is 0 Å². The van der Waals surface area contributed by atoms with Gasteiger partial charge in [0.1, 0.15) is 5.75 Å². The van der Waals surface area contributed by atoms with Gasteiger partial charge in [-0.3, -0.25) is 14.4 Å². The van der Waals surface area contributed by atoms with Gasteiger partial charge < -0.3 is 34.5 Å². The molecule has 0 saturated carbocycles. The second-order valence-corrected chi connectivity index (χ2v) is 14.8. The van der Waals surface area contributed by atoms with E-state index in [4.69, 9.17) is 21.1 Å². The number of pyridine rings is 1. The topological polar surface area (TPSA) is 190 Å². The molecule has 5 heterocycles. The number of nitrogens with zero attached hydrogens (tertiary/aromatic N) is 7. The SMILES string of the molecule is O=C(CC1CN(S(=O)(=O)C=Cc2ccc(Cl)cc2O)CC(CC(=O)N2CCOCC2)N1C(=O)c1cnc(-c2cc[n+]([O-])cc2)nc1)N1CCOCC1. The highest BCUT2D eigenvalue weighted by Crippen LogP contribution is 2.29. The van der Waals surface area contributed by atoms with Crippen LogP contribution in [0.5, 0.6) is 5.75 Å². The van der Waals surface area contributed by atoms with Gasteiger partial charge in [-0.1, -0.05) is 11.6 Å². The van der Waals surface area contributed by atoms with Gasteiger partial charge in [-0.15, -0.1) is 0 Å². The van der Waals surface area contributed by atoms with Crippen LogP contribution < -0.4 is 4.73 Å². The molecule has 2 unspecified atom stereocenters. The number of aromatic hydroxyl groups is 1. The highest BCUT2D eigenvalue weighted by molar-refractivity contribution is 7.92. The molecule has 276 valence electrons. The number of benzene rings is 1. The molecule has 0 aliphatic carbocycles. The Morgan fingerprint density at radius 1 is 0.904 bits per heavy atom. The zero-order chi connectivity index (χ0) is 36.8. The Bertz CT molecular complexity index is 1860. The minimum atomic E-state index is -4.22. The molecule has 6 rings (SSSR count). The number of morpholine rings is 2. The number of phenolic OH excluding ortho intramolecular Hbond substituents is 1. The Hall–Kier alpha value is -4.68. The molecule has 3 fully saturated rings. The number of carbonyl (C=O) groups excluding carboxylic acids is 3. The summed E-state index contributed by atoms with van der Waals surface area (Å²) < 4.78 is 40.4. The van der Waals surface area contributed by atoms with E-state index < -0.39 is 28.0 Å². The third-order valence-corrected chi connectivity index (χ3v) is 10.9. The Morgan fingerprint density at radius 3 is 1.96 bits per heavy atom. The van der Waals surface area contributed by atoms with Crippen LogP contribution in [0.15, 0.2) is 60.5 Å². The van der Waals surface area contributed by atoms with E-state index in [2.05, 4.69) is 9.97 Å². The van der Waals surface area contributed by atoms with Gasteiger partial charge in [0.05, 0.1) is 44.1 Å². The number of phenols is 1. The molecule has 1 N–H and O–H groups in total. The zero-order valence-corrected chi connectivity index (χ0v) is 29.7. The third kappa shape index (κ3) is 8.85. The van der Waals surface area contributed by atoms with E-state index in [0.717, 1.165) is 9.71 Å². The Kier molecular flexibility index (Phi) is 11.6. The van der Waals surface area contributed by atoms with Crippen molar-refractivity contribution in [2.24, 2.45) is 0 Å². The Labute approximate surface area is 305 Å². The number of piperazine rings is 1. The lowest BCUT2D eigenvalue weighted by atomic mass is 9.99. The summed E-state index contributed by atoms with van der Waals surface area (Å²) in [5, 5.41) is 23.0. The lowest BCUT2D eigenvalue weighted by Gasteiger charge is -2.46. The first-order valence-corrected chi connectivity index (χ1v) is 18.6. The van der Waals surface area contributed by atoms with Gasteiger partial charge >= 0.3 is 0 Å². The zero-order valence-electron chi connectivity index (χ0n) is 28.1. The maximum atomic E-state index is 14.5.